The number of aromatic nitrogens is 2. The summed E-state index contributed by atoms with van der Waals surface area (Å²) in [7, 11) is 0. The molecular formula is C19H21ClN4. The van der Waals surface area contributed by atoms with Crippen LogP contribution in [0.5, 0.6) is 0 Å². The zero-order chi connectivity index (χ0) is 16.5. The van der Waals surface area contributed by atoms with Gasteiger partial charge in [0, 0.05) is 31.2 Å². The molecule has 3 aromatic rings. The van der Waals surface area contributed by atoms with E-state index >= 15 is 0 Å². The van der Waals surface area contributed by atoms with E-state index in [1.165, 1.54) is 16.6 Å². The molecule has 4 rings (SSSR count). The maximum Gasteiger partial charge on any atom is 0.206 e. The Labute approximate surface area is 147 Å². The van der Waals surface area contributed by atoms with E-state index in [-0.39, 0.29) is 0 Å². The van der Waals surface area contributed by atoms with E-state index in [0.29, 0.717) is 0 Å². The first-order valence-corrected chi connectivity index (χ1v) is 8.76. The highest BCUT2D eigenvalue weighted by atomic mass is 35.5. The Balaban J connectivity index is 1.81. The minimum Gasteiger partial charge on any atom is -0.340 e. The molecule has 0 bridgehead atoms. The van der Waals surface area contributed by atoms with E-state index in [2.05, 4.69) is 52.0 Å². The lowest BCUT2D eigenvalue weighted by Crippen LogP contribution is -2.44. The Morgan fingerprint density at radius 1 is 1.08 bits per heavy atom. The van der Waals surface area contributed by atoms with E-state index in [1.807, 2.05) is 12.1 Å². The Kier molecular flexibility index (Phi) is 4.17. The highest BCUT2D eigenvalue weighted by Crippen LogP contribution is 2.26. The normalized spacial score (nSPS) is 15.2. The van der Waals surface area contributed by atoms with Crippen LogP contribution in [0.4, 0.5) is 5.95 Å². The first-order chi connectivity index (χ1) is 11.7. The van der Waals surface area contributed by atoms with E-state index in [9.17, 15) is 0 Å². The Morgan fingerprint density at radius 2 is 1.83 bits per heavy atom. The van der Waals surface area contributed by atoms with Crippen LogP contribution >= 0.6 is 11.6 Å². The second-order valence-corrected chi connectivity index (χ2v) is 6.74. The molecule has 1 aliphatic heterocycles. The zero-order valence-electron chi connectivity index (χ0n) is 13.8. The molecule has 0 aliphatic carbocycles. The van der Waals surface area contributed by atoms with Crippen LogP contribution in [0.15, 0.2) is 42.5 Å². The maximum absolute atomic E-state index is 6.03. The first-order valence-electron chi connectivity index (χ1n) is 8.38. The molecule has 1 N–H and O–H groups in total. The molecule has 1 aromatic heterocycles. The van der Waals surface area contributed by atoms with Gasteiger partial charge in [-0.1, -0.05) is 35.9 Å². The monoisotopic (exact) mass is 340 g/mol. The molecule has 124 valence electrons. The van der Waals surface area contributed by atoms with Crippen molar-refractivity contribution in [2.24, 2.45) is 0 Å². The van der Waals surface area contributed by atoms with Gasteiger partial charge in [0.05, 0.1) is 17.6 Å². The number of imidazole rings is 1. The molecule has 0 unspecified atom stereocenters. The van der Waals surface area contributed by atoms with Crippen LogP contribution in [0, 0.1) is 6.92 Å². The summed E-state index contributed by atoms with van der Waals surface area (Å²) in [6, 6.07) is 14.5. The second kappa shape index (κ2) is 6.46. The van der Waals surface area contributed by atoms with Crippen molar-refractivity contribution < 1.29 is 0 Å². The van der Waals surface area contributed by atoms with Crippen LogP contribution in [0.3, 0.4) is 0 Å². The topological polar surface area (TPSA) is 33.1 Å². The number of rotatable bonds is 3. The molecule has 0 amide bonds. The number of nitrogens with one attached hydrogen (secondary N) is 1. The number of hydrogen-bond acceptors (Lipinski definition) is 3. The highest BCUT2D eigenvalue weighted by molar-refractivity contribution is 6.30. The number of aryl methyl sites for hydroxylation is 1. The summed E-state index contributed by atoms with van der Waals surface area (Å²) in [6.07, 6.45) is 0. The lowest BCUT2D eigenvalue weighted by Gasteiger charge is -2.29. The molecule has 5 heteroatoms. The molecule has 24 heavy (non-hydrogen) atoms. The van der Waals surface area contributed by atoms with Crippen LogP contribution in [-0.4, -0.2) is 35.7 Å². The van der Waals surface area contributed by atoms with Gasteiger partial charge in [0.1, 0.15) is 0 Å². The molecule has 1 aliphatic rings. The number of nitrogens with zero attached hydrogens (tertiary/aromatic N) is 3. The van der Waals surface area contributed by atoms with Crippen molar-refractivity contribution >= 4 is 28.6 Å². The number of piperazine rings is 1. The van der Waals surface area contributed by atoms with Crippen molar-refractivity contribution in [2.45, 2.75) is 13.5 Å². The van der Waals surface area contributed by atoms with Crippen molar-refractivity contribution in [1.29, 1.82) is 0 Å². The summed E-state index contributed by atoms with van der Waals surface area (Å²) in [5.74, 6) is 1.07. The van der Waals surface area contributed by atoms with Crippen LogP contribution in [0.2, 0.25) is 5.02 Å². The van der Waals surface area contributed by atoms with Crippen LogP contribution in [-0.2, 0) is 6.54 Å². The smallest absolute Gasteiger partial charge is 0.206 e. The summed E-state index contributed by atoms with van der Waals surface area (Å²) in [4.78, 5) is 7.37. The van der Waals surface area contributed by atoms with Crippen molar-refractivity contribution in [3.63, 3.8) is 0 Å². The van der Waals surface area contributed by atoms with E-state index in [1.54, 1.807) is 0 Å². The quantitative estimate of drug-likeness (QED) is 0.792. The predicted molar refractivity (Wildman–Crippen MR) is 100 cm³/mol. The van der Waals surface area contributed by atoms with Gasteiger partial charge in [-0.2, -0.15) is 0 Å². The van der Waals surface area contributed by atoms with Gasteiger partial charge in [-0.15, -0.1) is 0 Å². The molecule has 0 spiro atoms. The SMILES string of the molecule is Cc1cccc2c1nc(N1CCNCC1)n2Cc1ccc(Cl)cc1. The number of anilines is 1. The number of benzene rings is 2. The van der Waals surface area contributed by atoms with Crippen molar-refractivity contribution in [3.8, 4) is 0 Å². The lowest BCUT2D eigenvalue weighted by molar-refractivity contribution is 0.571. The van der Waals surface area contributed by atoms with E-state index < -0.39 is 0 Å². The van der Waals surface area contributed by atoms with Crippen molar-refractivity contribution in [3.05, 3.63) is 58.6 Å². The predicted octanol–water partition coefficient (Wildman–Crippen LogP) is 3.46. The van der Waals surface area contributed by atoms with Crippen LogP contribution in [0.1, 0.15) is 11.1 Å². The molecule has 2 heterocycles. The summed E-state index contributed by atoms with van der Waals surface area (Å²) in [6.45, 7) is 6.91. The number of fused-ring (bicyclic) bond motifs is 1. The third-order valence-electron chi connectivity index (χ3n) is 4.61. The van der Waals surface area contributed by atoms with E-state index in [0.717, 1.165) is 49.2 Å². The van der Waals surface area contributed by atoms with Gasteiger partial charge in [0.15, 0.2) is 0 Å². The van der Waals surface area contributed by atoms with Gasteiger partial charge < -0.3 is 14.8 Å². The van der Waals surface area contributed by atoms with Crippen molar-refractivity contribution in [1.82, 2.24) is 14.9 Å². The van der Waals surface area contributed by atoms with Gasteiger partial charge in [-0.05, 0) is 36.2 Å². The Hall–Kier alpha value is -2.04. The highest BCUT2D eigenvalue weighted by Gasteiger charge is 2.19. The fourth-order valence-corrected chi connectivity index (χ4v) is 3.44. The molecular weight excluding hydrogens is 320 g/mol. The third-order valence-corrected chi connectivity index (χ3v) is 4.87. The van der Waals surface area contributed by atoms with Crippen LogP contribution < -0.4 is 10.2 Å². The molecule has 2 aromatic carbocycles. The van der Waals surface area contributed by atoms with Gasteiger partial charge in [-0.25, -0.2) is 4.98 Å². The fourth-order valence-electron chi connectivity index (χ4n) is 3.31. The van der Waals surface area contributed by atoms with Gasteiger partial charge in [0.25, 0.3) is 0 Å². The number of halogens is 1. The summed E-state index contributed by atoms with van der Waals surface area (Å²) in [5, 5.41) is 4.18. The van der Waals surface area contributed by atoms with Crippen LogP contribution in [0.25, 0.3) is 11.0 Å². The average Bonchev–Trinajstić information content (AvgIpc) is 2.98. The molecule has 0 atom stereocenters. The molecule has 1 fully saturated rings. The Bertz CT molecular complexity index is 848. The Morgan fingerprint density at radius 3 is 2.58 bits per heavy atom. The zero-order valence-corrected chi connectivity index (χ0v) is 14.6. The second-order valence-electron chi connectivity index (χ2n) is 6.30. The first kappa shape index (κ1) is 15.5. The van der Waals surface area contributed by atoms with Crippen molar-refractivity contribution in [2.75, 3.05) is 31.1 Å². The molecule has 0 radical (unpaired) electrons. The van der Waals surface area contributed by atoms with Gasteiger partial charge in [0.2, 0.25) is 5.95 Å². The number of para-hydroxylation sites is 1. The molecule has 4 nitrogen and oxygen atoms in total. The minimum absolute atomic E-state index is 0.771. The minimum atomic E-state index is 0.771. The largest absolute Gasteiger partial charge is 0.340 e. The summed E-state index contributed by atoms with van der Waals surface area (Å²) < 4.78 is 2.33. The summed E-state index contributed by atoms with van der Waals surface area (Å²) in [5.41, 5.74) is 4.74. The molecule has 1 saturated heterocycles. The van der Waals surface area contributed by atoms with Gasteiger partial charge in [-0.3, -0.25) is 0 Å². The van der Waals surface area contributed by atoms with Gasteiger partial charge >= 0.3 is 0 Å². The fraction of sp³-hybridized carbons (Fsp3) is 0.316. The standard InChI is InChI=1S/C19H21ClN4/c1-14-3-2-4-17-18(14)22-19(23-11-9-21-10-12-23)24(17)13-15-5-7-16(20)8-6-15/h2-8,21H,9-13H2,1H3. The number of hydrogen-bond donors (Lipinski definition) is 1. The van der Waals surface area contributed by atoms with E-state index in [4.69, 9.17) is 16.6 Å². The molecule has 0 saturated carbocycles. The average molecular weight is 341 g/mol. The summed E-state index contributed by atoms with van der Waals surface area (Å²) >= 11 is 6.03. The third kappa shape index (κ3) is 2.87. The lowest BCUT2D eigenvalue weighted by atomic mass is 10.2. The maximum atomic E-state index is 6.03.